The van der Waals surface area contributed by atoms with Crippen LogP contribution in [-0.2, 0) is 0 Å². The molecule has 0 unspecified atom stereocenters. The van der Waals surface area contributed by atoms with Gasteiger partial charge in [-0.3, -0.25) is 14.3 Å². The summed E-state index contributed by atoms with van der Waals surface area (Å²) < 4.78 is 3.20. The first-order chi connectivity index (χ1) is 16.1. The van der Waals surface area contributed by atoms with Crippen LogP contribution < -0.4 is 16.2 Å². The molecule has 172 valence electrons. The standard InChI is InChI=1S/C23H19ClN8O.H2S/c24-15-10-13-31-19(15)22(33)32(14-6-2-1-3-7-14)20(29-31)17-9-5-12-30(17)21-18-16(8-4-11-26-18)27-23(25)28-21;/h1-4,6-8,10-11,13,17H,5,9,12H2,(H2,25,27,28);1H2/t17-;/m0./s1. The first-order valence-corrected chi connectivity index (χ1v) is 11.0. The Labute approximate surface area is 206 Å². The number of nitrogens with two attached hydrogens (primary N) is 1. The van der Waals surface area contributed by atoms with Gasteiger partial charge in [0, 0.05) is 18.9 Å². The van der Waals surface area contributed by atoms with E-state index < -0.39 is 0 Å². The number of halogens is 1. The van der Waals surface area contributed by atoms with Crippen molar-refractivity contribution in [1.82, 2.24) is 29.1 Å². The molecule has 0 amide bonds. The van der Waals surface area contributed by atoms with Crippen molar-refractivity contribution in [3.8, 4) is 5.69 Å². The van der Waals surface area contributed by atoms with E-state index in [1.54, 1.807) is 27.5 Å². The quantitative estimate of drug-likeness (QED) is 0.410. The number of anilines is 2. The summed E-state index contributed by atoms with van der Waals surface area (Å²) in [7, 11) is 0. The van der Waals surface area contributed by atoms with Crippen molar-refractivity contribution in [2.24, 2.45) is 0 Å². The van der Waals surface area contributed by atoms with E-state index >= 15 is 0 Å². The maximum Gasteiger partial charge on any atom is 0.284 e. The first kappa shape index (κ1) is 22.2. The Morgan fingerprint density at radius 2 is 1.88 bits per heavy atom. The van der Waals surface area contributed by atoms with E-state index in [1.807, 2.05) is 42.5 Å². The van der Waals surface area contributed by atoms with E-state index in [0.717, 1.165) is 25.1 Å². The summed E-state index contributed by atoms with van der Waals surface area (Å²) in [6, 6.07) is 14.6. The molecule has 11 heteroatoms. The van der Waals surface area contributed by atoms with Crippen LogP contribution in [0.3, 0.4) is 0 Å². The van der Waals surface area contributed by atoms with Crippen LogP contribution in [0.25, 0.3) is 22.2 Å². The van der Waals surface area contributed by atoms with Crippen LogP contribution in [0, 0.1) is 0 Å². The molecule has 4 aromatic heterocycles. The zero-order valence-electron chi connectivity index (χ0n) is 18.0. The predicted molar refractivity (Wildman–Crippen MR) is 137 cm³/mol. The predicted octanol–water partition coefficient (Wildman–Crippen LogP) is 3.51. The van der Waals surface area contributed by atoms with Crippen LogP contribution in [0.1, 0.15) is 24.7 Å². The van der Waals surface area contributed by atoms with E-state index in [-0.39, 0.29) is 31.0 Å². The number of hydrogen-bond acceptors (Lipinski definition) is 7. The van der Waals surface area contributed by atoms with Crippen molar-refractivity contribution in [3.63, 3.8) is 0 Å². The van der Waals surface area contributed by atoms with Crippen molar-refractivity contribution in [3.05, 3.63) is 82.1 Å². The summed E-state index contributed by atoms with van der Waals surface area (Å²) in [4.78, 5) is 29.1. The average Bonchev–Trinajstić information content (AvgIpc) is 3.46. The minimum atomic E-state index is -0.224. The van der Waals surface area contributed by atoms with E-state index in [2.05, 4.69) is 19.9 Å². The van der Waals surface area contributed by atoms with Crippen molar-refractivity contribution in [1.29, 1.82) is 0 Å². The third kappa shape index (κ3) is 3.46. The van der Waals surface area contributed by atoms with Gasteiger partial charge in [-0.05, 0) is 43.2 Å². The molecule has 0 bridgehead atoms. The number of nitrogens with zero attached hydrogens (tertiary/aromatic N) is 7. The van der Waals surface area contributed by atoms with E-state index in [9.17, 15) is 4.79 Å². The second kappa shape index (κ2) is 8.62. The molecule has 9 nitrogen and oxygen atoms in total. The molecule has 1 aromatic carbocycles. The lowest BCUT2D eigenvalue weighted by Crippen LogP contribution is -2.33. The molecule has 5 aromatic rings. The van der Waals surface area contributed by atoms with Crippen LogP contribution in [-0.4, -0.2) is 35.7 Å². The van der Waals surface area contributed by atoms with E-state index in [4.69, 9.17) is 22.4 Å². The van der Waals surface area contributed by atoms with Gasteiger partial charge in [-0.25, -0.2) is 9.50 Å². The normalized spacial score (nSPS) is 15.7. The number of para-hydroxylation sites is 1. The first-order valence-electron chi connectivity index (χ1n) is 10.6. The molecule has 0 saturated carbocycles. The molecule has 1 aliphatic heterocycles. The van der Waals surface area contributed by atoms with Gasteiger partial charge >= 0.3 is 0 Å². The highest BCUT2D eigenvalue weighted by Gasteiger charge is 2.34. The second-order valence-electron chi connectivity index (χ2n) is 7.92. The van der Waals surface area contributed by atoms with Gasteiger partial charge in [0.2, 0.25) is 5.95 Å². The molecule has 34 heavy (non-hydrogen) atoms. The molecule has 0 spiro atoms. The van der Waals surface area contributed by atoms with E-state index in [0.29, 0.717) is 33.2 Å². The minimum Gasteiger partial charge on any atom is -0.368 e. The van der Waals surface area contributed by atoms with Gasteiger partial charge < -0.3 is 10.6 Å². The number of nitrogen functional groups attached to an aromatic ring is 1. The third-order valence-electron chi connectivity index (χ3n) is 5.95. The van der Waals surface area contributed by atoms with Crippen molar-refractivity contribution < 1.29 is 0 Å². The highest BCUT2D eigenvalue weighted by atomic mass is 35.5. The lowest BCUT2D eigenvalue weighted by atomic mass is 10.2. The Kier molecular flexibility index (Phi) is 5.62. The fourth-order valence-corrected chi connectivity index (χ4v) is 4.77. The van der Waals surface area contributed by atoms with Gasteiger partial charge in [0.1, 0.15) is 11.0 Å². The lowest BCUT2D eigenvalue weighted by molar-refractivity contribution is 0.602. The molecule has 1 fully saturated rings. The molecule has 1 atom stereocenters. The minimum absolute atomic E-state index is 0. The van der Waals surface area contributed by atoms with Crippen LogP contribution in [0.5, 0.6) is 0 Å². The maximum absolute atomic E-state index is 13.6. The molecular formula is C23H21ClN8OS. The zero-order valence-corrected chi connectivity index (χ0v) is 19.7. The van der Waals surface area contributed by atoms with Gasteiger partial charge in [0.05, 0.1) is 22.3 Å². The fourth-order valence-electron chi connectivity index (χ4n) is 4.55. The second-order valence-corrected chi connectivity index (χ2v) is 8.33. The molecule has 1 aliphatic rings. The Hall–Kier alpha value is -3.63. The Morgan fingerprint density at radius 1 is 1.06 bits per heavy atom. The average molecular weight is 493 g/mol. The smallest absolute Gasteiger partial charge is 0.284 e. The number of aromatic nitrogens is 6. The van der Waals surface area contributed by atoms with Gasteiger partial charge in [-0.1, -0.05) is 29.8 Å². The SMILES string of the molecule is Nc1nc(N2CCC[C@H]2c2nn3ccc(Cl)c3c(=O)n2-c2ccccc2)c2ncccc2n1.S. The number of fused-ring (bicyclic) bond motifs is 2. The maximum atomic E-state index is 13.6. The van der Waals surface area contributed by atoms with Gasteiger partial charge in [-0.2, -0.15) is 23.6 Å². The van der Waals surface area contributed by atoms with Crippen molar-refractivity contribution in [2.75, 3.05) is 17.2 Å². The summed E-state index contributed by atoms with van der Waals surface area (Å²) in [5.41, 5.74) is 8.21. The summed E-state index contributed by atoms with van der Waals surface area (Å²) in [5, 5.41) is 5.22. The fraction of sp³-hybridized carbons (Fsp3) is 0.174. The van der Waals surface area contributed by atoms with Crippen LogP contribution in [0.15, 0.2) is 65.7 Å². The van der Waals surface area contributed by atoms with Crippen molar-refractivity contribution in [2.45, 2.75) is 18.9 Å². The third-order valence-corrected chi connectivity index (χ3v) is 6.26. The summed E-state index contributed by atoms with van der Waals surface area (Å²) in [5.74, 6) is 1.42. The van der Waals surface area contributed by atoms with Gasteiger partial charge in [0.25, 0.3) is 5.56 Å². The molecule has 6 rings (SSSR count). The molecular weight excluding hydrogens is 472 g/mol. The summed E-state index contributed by atoms with van der Waals surface area (Å²) in [6.45, 7) is 0.724. The van der Waals surface area contributed by atoms with Crippen molar-refractivity contribution >= 4 is 53.4 Å². The number of hydrogen-bond donors (Lipinski definition) is 1. The van der Waals surface area contributed by atoms with Crippen LogP contribution in [0.4, 0.5) is 11.8 Å². The van der Waals surface area contributed by atoms with Gasteiger partial charge in [0.15, 0.2) is 11.6 Å². The lowest BCUT2D eigenvalue weighted by Gasteiger charge is -2.27. The molecule has 0 aliphatic carbocycles. The number of rotatable bonds is 3. The highest BCUT2D eigenvalue weighted by molar-refractivity contribution is 7.59. The van der Waals surface area contributed by atoms with Gasteiger partial charge in [-0.15, -0.1) is 0 Å². The van der Waals surface area contributed by atoms with Crippen LogP contribution >= 0.6 is 25.1 Å². The molecule has 0 radical (unpaired) electrons. The highest BCUT2D eigenvalue weighted by Crippen LogP contribution is 2.37. The number of benzene rings is 1. The Bertz CT molecular complexity index is 1570. The zero-order chi connectivity index (χ0) is 22.5. The Morgan fingerprint density at radius 3 is 2.71 bits per heavy atom. The monoisotopic (exact) mass is 492 g/mol. The molecule has 5 heterocycles. The van der Waals surface area contributed by atoms with Crippen LogP contribution in [0.2, 0.25) is 5.02 Å². The van der Waals surface area contributed by atoms with E-state index in [1.165, 1.54) is 0 Å². The largest absolute Gasteiger partial charge is 0.368 e. The number of pyridine rings is 1. The topological polar surface area (TPSA) is 107 Å². The Balaban J connectivity index is 0.00000241. The molecule has 2 N–H and O–H groups in total. The summed E-state index contributed by atoms with van der Waals surface area (Å²) in [6.07, 6.45) is 5.11. The molecule has 1 saturated heterocycles. The summed E-state index contributed by atoms with van der Waals surface area (Å²) >= 11 is 6.33.